The smallest absolute Gasteiger partial charge is 0.312 e. The Balaban J connectivity index is 1.44. The molecule has 1 aromatic carbocycles. The number of aromatic nitrogens is 1. The van der Waals surface area contributed by atoms with Crippen molar-refractivity contribution in [3.05, 3.63) is 41.2 Å². The second kappa shape index (κ2) is 6.55. The van der Waals surface area contributed by atoms with Crippen molar-refractivity contribution in [3.8, 4) is 10.6 Å². The Morgan fingerprint density at radius 3 is 2.76 bits per heavy atom. The molecule has 130 valence electrons. The average Bonchev–Trinajstić information content (AvgIpc) is 3.01. The summed E-state index contributed by atoms with van der Waals surface area (Å²) in [5.74, 6) is -1.12. The van der Waals surface area contributed by atoms with Gasteiger partial charge >= 0.3 is 11.8 Å². The first-order valence-corrected chi connectivity index (χ1v) is 9.24. The highest BCUT2D eigenvalue weighted by molar-refractivity contribution is 7.15. The molecule has 1 aliphatic heterocycles. The number of benzene rings is 1. The van der Waals surface area contributed by atoms with E-state index in [0.29, 0.717) is 30.2 Å². The minimum atomic E-state index is -0.432. The molecule has 0 spiro atoms. The number of carbonyl (C=O) groups is 2. The molecule has 2 aromatic rings. The maximum absolute atomic E-state index is 13.3. The Morgan fingerprint density at radius 2 is 2.04 bits per heavy atom. The molecule has 25 heavy (non-hydrogen) atoms. The molecule has 4 rings (SSSR count). The highest BCUT2D eigenvalue weighted by atomic mass is 32.1. The maximum atomic E-state index is 13.3. The van der Waals surface area contributed by atoms with Gasteiger partial charge in [0.2, 0.25) is 0 Å². The highest BCUT2D eigenvalue weighted by Gasteiger charge is 2.38. The van der Waals surface area contributed by atoms with Crippen molar-refractivity contribution in [2.24, 2.45) is 0 Å². The van der Waals surface area contributed by atoms with Crippen molar-refractivity contribution in [1.29, 1.82) is 0 Å². The standard InChI is InChI=1S/C18H18FN3O2S/c19-13-4-1-3-12(9-13)16-20-10-15(25-16)11-21-7-8-22(14-5-2-6-14)18(24)17(21)23/h1,3-4,9-10,14H,2,5-8,11H2. The number of carbonyl (C=O) groups excluding carboxylic acids is 2. The molecule has 2 amide bonds. The van der Waals surface area contributed by atoms with E-state index in [1.807, 2.05) is 0 Å². The van der Waals surface area contributed by atoms with Gasteiger partial charge in [-0.25, -0.2) is 9.37 Å². The fourth-order valence-corrected chi connectivity index (χ4v) is 4.14. The lowest BCUT2D eigenvalue weighted by Gasteiger charge is -2.42. The van der Waals surface area contributed by atoms with E-state index in [-0.39, 0.29) is 17.8 Å². The molecular weight excluding hydrogens is 341 g/mol. The lowest BCUT2D eigenvalue weighted by molar-refractivity contribution is -0.159. The van der Waals surface area contributed by atoms with Gasteiger partial charge in [0.25, 0.3) is 0 Å². The third-order valence-electron chi connectivity index (χ3n) is 4.83. The van der Waals surface area contributed by atoms with Crippen molar-refractivity contribution in [2.75, 3.05) is 13.1 Å². The largest absolute Gasteiger partial charge is 0.330 e. The van der Waals surface area contributed by atoms with E-state index in [0.717, 1.165) is 24.1 Å². The van der Waals surface area contributed by atoms with Crippen LogP contribution in [-0.4, -0.2) is 45.7 Å². The summed E-state index contributed by atoms with van der Waals surface area (Å²) >= 11 is 1.42. The van der Waals surface area contributed by atoms with E-state index in [9.17, 15) is 14.0 Å². The van der Waals surface area contributed by atoms with Crippen molar-refractivity contribution in [3.63, 3.8) is 0 Å². The summed E-state index contributed by atoms with van der Waals surface area (Å²) < 4.78 is 13.3. The van der Waals surface area contributed by atoms with Crippen LogP contribution in [0.2, 0.25) is 0 Å². The van der Waals surface area contributed by atoms with E-state index >= 15 is 0 Å². The number of thiazole rings is 1. The predicted octanol–water partition coefficient (Wildman–Crippen LogP) is 2.67. The third-order valence-corrected chi connectivity index (χ3v) is 5.86. The van der Waals surface area contributed by atoms with Crippen LogP contribution >= 0.6 is 11.3 Å². The van der Waals surface area contributed by atoms with Crippen LogP contribution in [0.15, 0.2) is 30.5 Å². The molecule has 0 unspecified atom stereocenters. The summed E-state index contributed by atoms with van der Waals surface area (Å²) in [7, 11) is 0. The van der Waals surface area contributed by atoms with Crippen molar-refractivity contribution >= 4 is 23.2 Å². The summed E-state index contributed by atoms with van der Waals surface area (Å²) in [5, 5.41) is 0.710. The molecule has 0 radical (unpaired) electrons. The number of rotatable bonds is 4. The molecule has 1 saturated carbocycles. The molecule has 1 aromatic heterocycles. The Bertz CT molecular complexity index is 818. The van der Waals surface area contributed by atoms with Gasteiger partial charge in [0, 0.05) is 35.8 Å². The van der Waals surface area contributed by atoms with Crippen LogP contribution in [-0.2, 0) is 16.1 Å². The van der Waals surface area contributed by atoms with Crippen molar-refractivity contribution in [1.82, 2.24) is 14.8 Å². The van der Waals surface area contributed by atoms with Gasteiger partial charge in [0.1, 0.15) is 10.8 Å². The van der Waals surface area contributed by atoms with Crippen LogP contribution in [0.25, 0.3) is 10.6 Å². The van der Waals surface area contributed by atoms with Crippen LogP contribution in [0.4, 0.5) is 4.39 Å². The molecule has 5 nitrogen and oxygen atoms in total. The number of halogens is 1. The van der Waals surface area contributed by atoms with Crippen LogP contribution in [0, 0.1) is 5.82 Å². The molecule has 1 saturated heterocycles. The van der Waals surface area contributed by atoms with Crippen LogP contribution in [0.5, 0.6) is 0 Å². The topological polar surface area (TPSA) is 53.5 Å². The zero-order valence-electron chi connectivity index (χ0n) is 13.7. The van der Waals surface area contributed by atoms with Gasteiger partial charge in [-0.15, -0.1) is 11.3 Å². The first-order valence-electron chi connectivity index (χ1n) is 8.42. The van der Waals surface area contributed by atoms with Gasteiger partial charge in [-0.2, -0.15) is 0 Å². The monoisotopic (exact) mass is 359 g/mol. The van der Waals surface area contributed by atoms with E-state index in [2.05, 4.69) is 4.98 Å². The van der Waals surface area contributed by atoms with E-state index < -0.39 is 5.91 Å². The van der Waals surface area contributed by atoms with Gasteiger partial charge < -0.3 is 9.80 Å². The van der Waals surface area contributed by atoms with Gasteiger partial charge in [-0.05, 0) is 31.4 Å². The normalized spacial score (nSPS) is 18.6. The number of amides is 2. The zero-order valence-corrected chi connectivity index (χ0v) is 14.5. The fraction of sp³-hybridized carbons (Fsp3) is 0.389. The lowest BCUT2D eigenvalue weighted by atomic mass is 9.91. The second-order valence-corrected chi connectivity index (χ2v) is 7.57. The van der Waals surface area contributed by atoms with Gasteiger partial charge in [0.15, 0.2) is 0 Å². The molecule has 1 aliphatic carbocycles. The minimum Gasteiger partial charge on any atom is -0.330 e. The summed E-state index contributed by atoms with van der Waals surface area (Å²) in [6.45, 7) is 1.52. The van der Waals surface area contributed by atoms with Crippen molar-refractivity contribution in [2.45, 2.75) is 31.8 Å². The van der Waals surface area contributed by atoms with E-state index in [4.69, 9.17) is 0 Å². The first-order chi connectivity index (χ1) is 12.1. The molecule has 2 aliphatic rings. The molecular formula is C18H18FN3O2S. The fourth-order valence-electron chi connectivity index (χ4n) is 3.21. The van der Waals surface area contributed by atoms with Gasteiger partial charge in [-0.1, -0.05) is 12.1 Å². The molecule has 2 fully saturated rings. The average molecular weight is 359 g/mol. The number of piperazine rings is 1. The van der Waals surface area contributed by atoms with Gasteiger partial charge in [-0.3, -0.25) is 9.59 Å². The Hall–Kier alpha value is -2.28. The quantitative estimate of drug-likeness (QED) is 0.789. The van der Waals surface area contributed by atoms with Crippen molar-refractivity contribution < 1.29 is 14.0 Å². The molecule has 0 N–H and O–H groups in total. The second-order valence-electron chi connectivity index (χ2n) is 6.45. The third kappa shape index (κ3) is 3.16. The number of nitrogens with zero attached hydrogens (tertiary/aromatic N) is 3. The summed E-state index contributed by atoms with van der Waals surface area (Å²) in [6, 6.07) is 6.53. The van der Waals surface area contributed by atoms with Crippen LogP contribution < -0.4 is 0 Å². The summed E-state index contributed by atoms with van der Waals surface area (Å²) in [4.78, 5) is 33.2. The number of hydrogen-bond donors (Lipinski definition) is 0. The molecule has 2 heterocycles. The molecule has 0 atom stereocenters. The number of hydrogen-bond acceptors (Lipinski definition) is 4. The maximum Gasteiger partial charge on any atom is 0.312 e. The highest BCUT2D eigenvalue weighted by Crippen LogP contribution is 2.29. The molecule has 7 heteroatoms. The van der Waals surface area contributed by atoms with E-state index in [1.165, 1.54) is 23.5 Å². The van der Waals surface area contributed by atoms with Crippen LogP contribution in [0.1, 0.15) is 24.1 Å². The Labute approximate surface area is 149 Å². The SMILES string of the molecule is O=C1C(=O)N(C2CCC2)CCN1Cc1cnc(-c2cccc(F)c2)s1. The summed E-state index contributed by atoms with van der Waals surface area (Å²) in [6.07, 6.45) is 4.84. The Morgan fingerprint density at radius 1 is 1.20 bits per heavy atom. The predicted molar refractivity (Wildman–Crippen MR) is 92.3 cm³/mol. The van der Waals surface area contributed by atoms with E-state index in [1.54, 1.807) is 28.1 Å². The Kier molecular flexibility index (Phi) is 4.25. The minimum absolute atomic E-state index is 0.251. The lowest BCUT2D eigenvalue weighted by Crippen LogP contribution is -2.58. The van der Waals surface area contributed by atoms with Gasteiger partial charge in [0.05, 0.1) is 6.54 Å². The van der Waals surface area contributed by atoms with Crippen LogP contribution in [0.3, 0.4) is 0 Å². The first kappa shape index (κ1) is 16.2. The zero-order chi connectivity index (χ0) is 17.4. The summed E-state index contributed by atoms with van der Waals surface area (Å²) in [5.41, 5.74) is 0.716. The molecule has 0 bridgehead atoms.